The first-order valence-corrected chi connectivity index (χ1v) is 2.85. The van der Waals surface area contributed by atoms with E-state index < -0.39 is 0 Å². The molecule has 0 saturated carbocycles. The van der Waals surface area contributed by atoms with Crippen LogP contribution in [0.1, 0.15) is 0 Å². The van der Waals surface area contributed by atoms with Crippen molar-refractivity contribution in [3.05, 3.63) is 0 Å². The van der Waals surface area contributed by atoms with Crippen LogP contribution < -0.4 is 11.1 Å². The van der Waals surface area contributed by atoms with E-state index in [1.807, 2.05) is 0 Å². The zero-order valence-corrected chi connectivity index (χ0v) is 4.90. The fourth-order valence-corrected chi connectivity index (χ4v) is 0.717. The van der Waals surface area contributed by atoms with Crippen LogP contribution in [0.3, 0.4) is 0 Å². The van der Waals surface area contributed by atoms with Crippen LogP contribution >= 0.6 is 15.9 Å². The Labute approximate surface area is 45.2 Å². The summed E-state index contributed by atoms with van der Waals surface area (Å²) in [7, 11) is 0. The van der Waals surface area contributed by atoms with Crippen LogP contribution in [0.2, 0.25) is 0 Å². The summed E-state index contributed by atoms with van der Waals surface area (Å²) in [5.74, 6) is 0. The van der Waals surface area contributed by atoms with Crippen LogP contribution in [0.25, 0.3) is 0 Å². The molecule has 0 aromatic heterocycles. The Morgan fingerprint density at radius 3 is 2.33 bits per heavy atom. The predicted octanol–water partition coefficient (Wildman–Crippen LogP) is -0.362. The molecule has 1 aliphatic rings. The maximum absolute atomic E-state index is 5.36. The van der Waals surface area contributed by atoms with Gasteiger partial charge in [-0.25, -0.2) is 0 Å². The first-order valence-electron chi connectivity index (χ1n) is 1.94. The lowest BCUT2D eigenvalue weighted by Crippen LogP contribution is -2.59. The summed E-state index contributed by atoms with van der Waals surface area (Å²) >= 11 is 3.34. The maximum Gasteiger partial charge on any atom is 0.0688 e. The lowest BCUT2D eigenvalue weighted by Gasteiger charge is -2.29. The van der Waals surface area contributed by atoms with Gasteiger partial charge in [0.05, 0.1) is 11.0 Å². The minimum absolute atomic E-state index is 0.199. The van der Waals surface area contributed by atoms with Gasteiger partial charge in [0, 0.05) is 6.54 Å². The first kappa shape index (κ1) is 4.56. The van der Waals surface area contributed by atoms with E-state index in [1.54, 1.807) is 0 Å². The second-order valence-electron chi connectivity index (χ2n) is 1.45. The minimum atomic E-state index is 0.199. The standard InChI is InChI=1S/C3H7BrN2/c4-2-1-6-3(2)5/h2-3,6H,1,5H2/t2?,3-/m1/s1. The van der Waals surface area contributed by atoms with Gasteiger partial charge in [0.25, 0.3) is 0 Å². The molecule has 0 bridgehead atoms. The number of nitrogens with two attached hydrogens (primary N) is 1. The molecule has 0 amide bonds. The Hall–Kier alpha value is 0.400. The summed E-state index contributed by atoms with van der Waals surface area (Å²) in [5.41, 5.74) is 5.36. The summed E-state index contributed by atoms with van der Waals surface area (Å²) in [5, 5.41) is 2.99. The molecule has 0 aliphatic carbocycles. The molecule has 1 unspecified atom stereocenters. The van der Waals surface area contributed by atoms with Gasteiger partial charge in [-0.3, -0.25) is 5.32 Å². The molecule has 1 fully saturated rings. The molecule has 3 heteroatoms. The largest absolute Gasteiger partial charge is 0.315 e. The first-order chi connectivity index (χ1) is 2.80. The highest BCUT2D eigenvalue weighted by Crippen LogP contribution is 2.07. The van der Waals surface area contributed by atoms with E-state index in [0.717, 1.165) is 6.54 Å². The molecule has 36 valence electrons. The van der Waals surface area contributed by atoms with Crippen molar-refractivity contribution in [3.63, 3.8) is 0 Å². The molecule has 1 saturated heterocycles. The van der Waals surface area contributed by atoms with E-state index in [9.17, 15) is 0 Å². The number of nitrogens with one attached hydrogen (secondary N) is 1. The van der Waals surface area contributed by atoms with Gasteiger partial charge in [-0.05, 0) is 0 Å². The van der Waals surface area contributed by atoms with Gasteiger partial charge in [0.15, 0.2) is 0 Å². The van der Waals surface area contributed by atoms with Crippen molar-refractivity contribution >= 4 is 15.9 Å². The van der Waals surface area contributed by atoms with Crippen LogP contribution in [0.15, 0.2) is 0 Å². The Morgan fingerprint density at radius 1 is 1.83 bits per heavy atom. The fourth-order valence-electron chi connectivity index (χ4n) is 0.343. The van der Waals surface area contributed by atoms with E-state index in [-0.39, 0.29) is 6.17 Å². The number of halogens is 1. The molecule has 2 atom stereocenters. The van der Waals surface area contributed by atoms with E-state index in [0.29, 0.717) is 4.83 Å². The van der Waals surface area contributed by atoms with Crippen LogP contribution in [0.5, 0.6) is 0 Å². The van der Waals surface area contributed by atoms with Gasteiger partial charge >= 0.3 is 0 Å². The highest BCUT2D eigenvalue weighted by atomic mass is 79.9. The van der Waals surface area contributed by atoms with Crippen molar-refractivity contribution in [1.82, 2.24) is 5.32 Å². The summed E-state index contributed by atoms with van der Waals surface area (Å²) < 4.78 is 0. The predicted molar refractivity (Wildman–Crippen MR) is 28.7 cm³/mol. The van der Waals surface area contributed by atoms with Gasteiger partial charge < -0.3 is 5.73 Å². The Morgan fingerprint density at radius 2 is 2.33 bits per heavy atom. The zero-order chi connectivity index (χ0) is 4.57. The maximum atomic E-state index is 5.36. The Balaban J connectivity index is 2.20. The molecule has 2 nitrogen and oxygen atoms in total. The summed E-state index contributed by atoms with van der Waals surface area (Å²) in [6, 6.07) is 0. The van der Waals surface area contributed by atoms with Gasteiger partial charge in [-0.15, -0.1) is 0 Å². The topological polar surface area (TPSA) is 38.0 Å². The number of rotatable bonds is 0. The fraction of sp³-hybridized carbons (Fsp3) is 1.00. The van der Waals surface area contributed by atoms with Crippen LogP contribution in [-0.4, -0.2) is 17.5 Å². The number of hydrogen-bond acceptors (Lipinski definition) is 2. The SMILES string of the molecule is N[C@@H]1NCC1Br. The van der Waals surface area contributed by atoms with Crippen molar-refractivity contribution in [2.24, 2.45) is 5.73 Å². The van der Waals surface area contributed by atoms with E-state index in [2.05, 4.69) is 21.2 Å². The second-order valence-corrected chi connectivity index (χ2v) is 2.63. The highest BCUT2D eigenvalue weighted by Gasteiger charge is 2.22. The van der Waals surface area contributed by atoms with Crippen molar-refractivity contribution < 1.29 is 0 Å². The van der Waals surface area contributed by atoms with E-state index >= 15 is 0 Å². The third-order valence-corrected chi connectivity index (χ3v) is 1.83. The quantitative estimate of drug-likeness (QED) is 0.464. The van der Waals surface area contributed by atoms with Gasteiger partial charge in [-0.2, -0.15) is 0 Å². The Kier molecular flexibility index (Phi) is 1.13. The third kappa shape index (κ3) is 0.576. The molecule has 1 aliphatic heterocycles. The molecule has 1 heterocycles. The highest BCUT2D eigenvalue weighted by molar-refractivity contribution is 9.09. The van der Waals surface area contributed by atoms with Crippen LogP contribution in [0.4, 0.5) is 0 Å². The lowest BCUT2D eigenvalue weighted by atomic mass is 10.2. The molecule has 1 rings (SSSR count). The number of alkyl halides is 1. The molecule has 0 spiro atoms. The normalized spacial score (nSPS) is 45.0. The van der Waals surface area contributed by atoms with Crippen LogP contribution in [0, 0.1) is 0 Å². The minimum Gasteiger partial charge on any atom is -0.315 e. The van der Waals surface area contributed by atoms with Crippen molar-refractivity contribution in [3.8, 4) is 0 Å². The van der Waals surface area contributed by atoms with Crippen LogP contribution in [-0.2, 0) is 0 Å². The summed E-state index contributed by atoms with van der Waals surface area (Å²) in [6.45, 7) is 1.02. The monoisotopic (exact) mass is 150 g/mol. The smallest absolute Gasteiger partial charge is 0.0688 e. The average Bonchev–Trinajstić information content (AvgIpc) is 1.61. The molecule has 6 heavy (non-hydrogen) atoms. The molecule has 3 N–H and O–H groups in total. The molecule has 0 radical (unpaired) electrons. The van der Waals surface area contributed by atoms with E-state index in [4.69, 9.17) is 5.73 Å². The van der Waals surface area contributed by atoms with Crippen molar-refractivity contribution in [2.75, 3.05) is 6.54 Å². The lowest BCUT2D eigenvalue weighted by molar-refractivity contribution is 0.403. The summed E-state index contributed by atoms with van der Waals surface area (Å²) in [6.07, 6.45) is 0.199. The molecule has 0 aromatic carbocycles. The second kappa shape index (κ2) is 1.48. The molecular weight excluding hydrogens is 144 g/mol. The van der Waals surface area contributed by atoms with Crippen molar-refractivity contribution in [1.29, 1.82) is 0 Å². The zero-order valence-electron chi connectivity index (χ0n) is 3.32. The van der Waals surface area contributed by atoms with Gasteiger partial charge in [0.1, 0.15) is 0 Å². The Bertz CT molecular complexity index is 48.8. The van der Waals surface area contributed by atoms with E-state index in [1.165, 1.54) is 0 Å². The number of hydrogen-bond donors (Lipinski definition) is 2. The molecule has 0 aromatic rings. The molecular formula is C3H7BrN2. The average molecular weight is 151 g/mol. The van der Waals surface area contributed by atoms with Gasteiger partial charge in [-0.1, -0.05) is 15.9 Å². The van der Waals surface area contributed by atoms with Crippen molar-refractivity contribution in [2.45, 2.75) is 11.0 Å². The summed E-state index contributed by atoms with van der Waals surface area (Å²) in [4.78, 5) is 0.512. The third-order valence-electron chi connectivity index (χ3n) is 0.938. The van der Waals surface area contributed by atoms with Gasteiger partial charge in [0.2, 0.25) is 0 Å².